The molecule has 128 valence electrons. The van der Waals surface area contributed by atoms with Crippen molar-refractivity contribution in [1.82, 2.24) is 4.90 Å². The highest BCUT2D eigenvalue weighted by Crippen LogP contribution is 2.33. The molecule has 1 N–H and O–H groups in total. The van der Waals surface area contributed by atoms with Crippen LogP contribution in [-0.4, -0.2) is 41.6 Å². The molecule has 1 aliphatic rings. The number of piperidine rings is 1. The molecule has 1 fully saturated rings. The minimum Gasteiger partial charge on any atom is -0.481 e. The Morgan fingerprint density at radius 3 is 2.91 bits per heavy atom. The molecule has 1 amide bonds. The first kappa shape index (κ1) is 17.7. The summed E-state index contributed by atoms with van der Waals surface area (Å²) in [5.41, 5.74) is 0. The van der Waals surface area contributed by atoms with Crippen molar-refractivity contribution < 1.29 is 28.2 Å². The largest absolute Gasteiger partial charge is 0.481 e. The Bertz CT molecular complexity index is 576. The number of alkyl halides is 2. The molecule has 1 atom stereocenters. The Labute approximate surface area is 136 Å². The molecular weight excluding hydrogens is 328 g/mol. The molecule has 0 aromatic carbocycles. The van der Waals surface area contributed by atoms with E-state index in [0.29, 0.717) is 19.5 Å². The van der Waals surface area contributed by atoms with Crippen LogP contribution < -0.4 is 4.74 Å². The van der Waals surface area contributed by atoms with Gasteiger partial charge < -0.3 is 14.7 Å². The van der Waals surface area contributed by atoms with Crippen molar-refractivity contribution >= 4 is 23.2 Å². The van der Waals surface area contributed by atoms with Crippen LogP contribution in [0.3, 0.4) is 0 Å². The fourth-order valence-electron chi connectivity index (χ4n) is 2.78. The summed E-state index contributed by atoms with van der Waals surface area (Å²) in [6, 6.07) is 1.44. The van der Waals surface area contributed by atoms with Gasteiger partial charge in [-0.25, -0.2) is 0 Å². The number of aryl methyl sites for hydroxylation is 1. The summed E-state index contributed by atoms with van der Waals surface area (Å²) in [6.07, 6.45) is 2.25. The number of carboxylic acids is 1. The van der Waals surface area contributed by atoms with Gasteiger partial charge in [0.1, 0.15) is 10.6 Å². The van der Waals surface area contributed by atoms with Crippen molar-refractivity contribution in [2.75, 3.05) is 13.1 Å². The summed E-state index contributed by atoms with van der Waals surface area (Å²) in [4.78, 5) is 25.8. The van der Waals surface area contributed by atoms with Crippen molar-refractivity contribution in [3.8, 4) is 5.75 Å². The second-order valence-corrected chi connectivity index (χ2v) is 6.88. The van der Waals surface area contributed by atoms with Gasteiger partial charge in [-0.1, -0.05) is 0 Å². The van der Waals surface area contributed by atoms with Crippen LogP contribution in [0.2, 0.25) is 0 Å². The molecule has 2 rings (SSSR count). The SMILES string of the molecule is Cc1cc(OC(F)F)c(C(=O)N2CCCC(CCC(=O)O)C2)s1. The van der Waals surface area contributed by atoms with E-state index in [-0.39, 0.29) is 28.9 Å². The molecule has 8 heteroatoms. The number of aliphatic carboxylic acids is 1. The third kappa shape index (κ3) is 4.89. The molecule has 1 unspecified atom stereocenters. The third-order valence-corrected chi connectivity index (χ3v) is 4.82. The first-order valence-corrected chi connectivity index (χ1v) is 8.24. The summed E-state index contributed by atoms with van der Waals surface area (Å²) in [5.74, 6) is -1.13. The van der Waals surface area contributed by atoms with Crippen molar-refractivity contribution in [1.29, 1.82) is 0 Å². The second kappa shape index (κ2) is 7.72. The van der Waals surface area contributed by atoms with Gasteiger partial charge in [0.25, 0.3) is 5.91 Å². The molecule has 23 heavy (non-hydrogen) atoms. The molecule has 1 aliphatic heterocycles. The number of rotatable bonds is 6. The van der Waals surface area contributed by atoms with E-state index in [2.05, 4.69) is 4.74 Å². The van der Waals surface area contributed by atoms with Gasteiger partial charge in [0.2, 0.25) is 0 Å². The zero-order valence-corrected chi connectivity index (χ0v) is 13.6. The van der Waals surface area contributed by atoms with Gasteiger partial charge in [0.05, 0.1) is 0 Å². The third-order valence-electron chi connectivity index (χ3n) is 3.80. The molecule has 5 nitrogen and oxygen atoms in total. The maximum absolute atomic E-state index is 12.6. The molecule has 0 radical (unpaired) electrons. The molecular formula is C15H19F2NO4S. The number of ether oxygens (including phenoxy) is 1. The fourth-order valence-corrected chi connectivity index (χ4v) is 3.69. The van der Waals surface area contributed by atoms with Gasteiger partial charge in [0.15, 0.2) is 0 Å². The van der Waals surface area contributed by atoms with E-state index < -0.39 is 12.6 Å². The molecule has 1 aromatic heterocycles. The standard InChI is InChI=1S/C15H19F2NO4S/c1-9-7-11(22-15(16)17)13(23-9)14(21)18-6-2-3-10(8-18)4-5-12(19)20/h7,10,15H,2-6,8H2,1H3,(H,19,20). The molecule has 1 saturated heterocycles. The Hall–Kier alpha value is -1.70. The number of hydrogen-bond donors (Lipinski definition) is 1. The van der Waals surface area contributed by atoms with Gasteiger partial charge in [-0.05, 0) is 38.2 Å². The van der Waals surface area contributed by atoms with Gasteiger partial charge in [-0.15, -0.1) is 11.3 Å². The highest BCUT2D eigenvalue weighted by Gasteiger charge is 2.28. The van der Waals surface area contributed by atoms with Gasteiger partial charge in [0, 0.05) is 24.4 Å². The van der Waals surface area contributed by atoms with Crippen LogP contribution in [0.5, 0.6) is 5.75 Å². The molecule has 0 spiro atoms. The van der Waals surface area contributed by atoms with E-state index in [0.717, 1.165) is 29.1 Å². The molecule has 1 aromatic rings. The summed E-state index contributed by atoms with van der Waals surface area (Å²) >= 11 is 1.13. The summed E-state index contributed by atoms with van der Waals surface area (Å²) in [6.45, 7) is -0.240. The lowest BCUT2D eigenvalue weighted by molar-refractivity contribution is -0.137. The average molecular weight is 347 g/mol. The van der Waals surface area contributed by atoms with Crippen LogP contribution in [0.4, 0.5) is 8.78 Å². The minimum atomic E-state index is -2.97. The second-order valence-electron chi connectivity index (χ2n) is 5.62. The number of hydrogen-bond acceptors (Lipinski definition) is 4. The van der Waals surface area contributed by atoms with E-state index in [4.69, 9.17) is 5.11 Å². The first-order chi connectivity index (χ1) is 10.9. The van der Waals surface area contributed by atoms with E-state index >= 15 is 0 Å². The van der Waals surface area contributed by atoms with Gasteiger partial charge in [-0.3, -0.25) is 9.59 Å². The van der Waals surface area contributed by atoms with Crippen LogP contribution >= 0.6 is 11.3 Å². The lowest BCUT2D eigenvalue weighted by Crippen LogP contribution is -2.39. The Balaban J connectivity index is 2.06. The van der Waals surface area contributed by atoms with E-state index in [1.54, 1.807) is 11.8 Å². The predicted molar refractivity (Wildman–Crippen MR) is 81.2 cm³/mol. The van der Waals surface area contributed by atoms with Crippen molar-refractivity contribution in [2.45, 2.75) is 39.2 Å². The zero-order chi connectivity index (χ0) is 17.0. The van der Waals surface area contributed by atoms with Crippen molar-refractivity contribution in [2.24, 2.45) is 5.92 Å². The van der Waals surface area contributed by atoms with E-state index in [1.807, 2.05) is 0 Å². The number of carbonyl (C=O) groups excluding carboxylic acids is 1. The van der Waals surface area contributed by atoms with Crippen LogP contribution in [0.15, 0.2) is 6.07 Å². The highest BCUT2D eigenvalue weighted by atomic mass is 32.1. The Morgan fingerprint density at radius 1 is 1.52 bits per heavy atom. The van der Waals surface area contributed by atoms with Gasteiger partial charge in [-0.2, -0.15) is 8.78 Å². The Kier molecular flexibility index (Phi) is 5.92. The van der Waals surface area contributed by atoms with Crippen LogP contribution in [0.25, 0.3) is 0 Å². The van der Waals surface area contributed by atoms with Crippen molar-refractivity contribution in [3.05, 3.63) is 15.8 Å². The fraction of sp³-hybridized carbons (Fsp3) is 0.600. The zero-order valence-electron chi connectivity index (χ0n) is 12.8. The number of amides is 1. The summed E-state index contributed by atoms with van der Waals surface area (Å²) in [7, 11) is 0. The maximum atomic E-state index is 12.6. The first-order valence-electron chi connectivity index (χ1n) is 7.43. The number of nitrogens with zero attached hydrogens (tertiary/aromatic N) is 1. The maximum Gasteiger partial charge on any atom is 0.387 e. The van der Waals surface area contributed by atoms with Gasteiger partial charge >= 0.3 is 12.6 Å². The minimum absolute atomic E-state index is 0.0740. The van der Waals surface area contributed by atoms with Crippen molar-refractivity contribution in [3.63, 3.8) is 0 Å². The smallest absolute Gasteiger partial charge is 0.387 e. The number of likely N-dealkylation sites (tertiary alicyclic amines) is 1. The number of thiophene rings is 1. The molecule has 2 heterocycles. The highest BCUT2D eigenvalue weighted by molar-refractivity contribution is 7.14. The summed E-state index contributed by atoms with van der Waals surface area (Å²) < 4.78 is 29.3. The molecule has 0 saturated carbocycles. The molecule has 0 aliphatic carbocycles. The van der Waals surface area contributed by atoms with E-state index in [1.165, 1.54) is 6.07 Å². The summed E-state index contributed by atoms with van der Waals surface area (Å²) in [5, 5.41) is 8.75. The number of halogens is 2. The predicted octanol–water partition coefficient (Wildman–Crippen LogP) is 3.37. The monoisotopic (exact) mass is 347 g/mol. The normalized spacial score (nSPS) is 18.3. The lowest BCUT2D eigenvalue weighted by Gasteiger charge is -2.32. The van der Waals surface area contributed by atoms with Crippen LogP contribution in [0, 0.1) is 12.8 Å². The van der Waals surface area contributed by atoms with Crippen LogP contribution in [-0.2, 0) is 4.79 Å². The molecule has 0 bridgehead atoms. The quantitative estimate of drug-likeness (QED) is 0.857. The van der Waals surface area contributed by atoms with E-state index in [9.17, 15) is 18.4 Å². The topological polar surface area (TPSA) is 66.8 Å². The number of carboxylic acid groups (broad SMARTS) is 1. The number of carbonyl (C=O) groups is 2. The lowest BCUT2D eigenvalue weighted by atomic mass is 9.93. The van der Waals surface area contributed by atoms with Crippen LogP contribution in [0.1, 0.15) is 40.2 Å². The average Bonchev–Trinajstić information content (AvgIpc) is 2.84. The Morgan fingerprint density at radius 2 is 2.26 bits per heavy atom.